The smallest absolute Gasteiger partial charge is 0.251 e. The van der Waals surface area contributed by atoms with Crippen LogP contribution in [0.25, 0.3) is 10.2 Å². The van der Waals surface area contributed by atoms with Gasteiger partial charge in [0.2, 0.25) is 5.91 Å². The number of aromatic nitrogens is 1. The van der Waals surface area contributed by atoms with Crippen LogP contribution in [0.5, 0.6) is 0 Å². The van der Waals surface area contributed by atoms with Crippen LogP contribution in [0, 0.1) is 0 Å². The molecule has 1 aliphatic heterocycles. The van der Waals surface area contributed by atoms with E-state index in [-0.39, 0.29) is 11.8 Å². The molecule has 1 aromatic carbocycles. The van der Waals surface area contributed by atoms with E-state index in [4.69, 9.17) is 0 Å². The second-order valence-electron chi connectivity index (χ2n) is 5.13. The summed E-state index contributed by atoms with van der Waals surface area (Å²) in [5.74, 6) is 0.162. The number of amides is 2. The van der Waals surface area contributed by atoms with Gasteiger partial charge in [0.25, 0.3) is 5.91 Å². The second-order valence-corrected chi connectivity index (χ2v) is 6.02. The molecule has 1 saturated heterocycles. The minimum Gasteiger partial charge on any atom is -0.352 e. The van der Waals surface area contributed by atoms with Crippen LogP contribution in [-0.4, -0.2) is 41.3 Å². The Kier molecular flexibility index (Phi) is 4.15. The van der Waals surface area contributed by atoms with Crippen LogP contribution >= 0.6 is 11.3 Å². The van der Waals surface area contributed by atoms with E-state index in [1.54, 1.807) is 11.6 Å². The number of fused-ring (bicyclic) bond motifs is 1. The van der Waals surface area contributed by atoms with Gasteiger partial charge in [0.1, 0.15) is 0 Å². The monoisotopic (exact) mass is 303 g/mol. The Morgan fingerprint density at radius 2 is 2.33 bits per heavy atom. The maximum atomic E-state index is 12.1. The van der Waals surface area contributed by atoms with Gasteiger partial charge in [-0.3, -0.25) is 9.59 Å². The number of nitrogens with one attached hydrogen (secondary N) is 1. The molecular formula is C15H17N3O2S. The first kappa shape index (κ1) is 14.0. The first-order valence-corrected chi connectivity index (χ1v) is 8.01. The predicted octanol–water partition coefficient (Wildman–Crippen LogP) is 2.04. The van der Waals surface area contributed by atoms with Crippen LogP contribution < -0.4 is 5.32 Å². The van der Waals surface area contributed by atoms with Gasteiger partial charge in [0.15, 0.2) is 0 Å². The Bertz CT molecular complexity index is 668. The molecule has 6 heteroatoms. The molecule has 1 N–H and O–H groups in total. The van der Waals surface area contributed by atoms with Crippen LogP contribution in [-0.2, 0) is 4.79 Å². The van der Waals surface area contributed by atoms with Crippen molar-refractivity contribution in [3.05, 3.63) is 29.3 Å². The minimum absolute atomic E-state index is 0.0713. The highest BCUT2D eigenvalue weighted by atomic mass is 32.1. The molecule has 0 radical (unpaired) electrons. The SMILES string of the molecule is O=C(NCCCN1CCCC1=O)c1ccc2ncsc2c1. The molecule has 2 amide bonds. The van der Waals surface area contributed by atoms with Gasteiger partial charge in [0, 0.05) is 31.6 Å². The summed E-state index contributed by atoms with van der Waals surface area (Å²) in [4.78, 5) is 29.6. The van der Waals surface area contributed by atoms with E-state index in [0.717, 1.165) is 36.1 Å². The third kappa shape index (κ3) is 3.21. The van der Waals surface area contributed by atoms with E-state index >= 15 is 0 Å². The molecule has 0 unspecified atom stereocenters. The lowest BCUT2D eigenvalue weighted by molar-refractivity contribution is -0.127. The van der Waals surface area contributed by atoms with Gasteiger partial charge in [-0.25, -0.2) is 4.98 Å². The molecule has 2 aromatic rings. The van der Waals surface area contributed by atoms with Crippen LogP contribution in [0.1, 0.15) is 29.6 Å². The number of benzene rings is 1. The maximum Gasteiger partial charge on any atom is 0.251 e. The summed E-state index contributed by atoms with van der Waals surface area (Å²) in [7, 11) is 0. The summed E-state index contributed by atoms with van der Waals surface area (Å²) >= 11 is 1.53. The van der Waals surface area contributed by atoms with Crippen molar-refractivity contribution in [3.63, 3.8) is 0 Å². The number of nitrogens with zero attached hydrogens (tertiary/aromatic N) is 2. The molecule has 0 spiro atoms. The van der Waals surface area contributed by atoms with E-state index < -0.39 is 0 Å². The molecule has 5 nitrogen and oxygen atoms in total. The van der Waals surface area contributed by atoms with Crippen LogP contribution in [0.2, 0.25) is 0 Å². The Labute approximate surface area is 127 Å². The quantitative estimate of drug-likeness (QED) is 0.860. The molecule has 0 atom stereocenters. The number of hydrogen-bond donors (Lipinski definition) is 1. The number of likely N-dealkylation sites (tertiary alicyclic amines) is 1. The van der Waals surface area contributed by atoms with Crippen LogP contribution in [0.4, 0.5) is 0 Å². The molecule has 0 aliphatic carbocycles. The summed E-state index contributed by atoms with van der Waals surface area (Å²) < 4.78 is 1.02. The molecule has 110 valence electrons. The van der Waals surface area contributed by atoms with E-state index in [1.807, 2.05) is 17.0 Å². The van der Waals surface area contributed by atoms with Crippen molar-refractivity contribution in [2.75, 3.05) is 19.6 Å². The Morgan fingerprint density at radius 1 is 1.43 bits per heavy atom. The molecule has 3 rings (SSSR count). The van der Waals surface area contributed by atoms with Crippen LogP contribution in [0.15, 0.2) is 23.7 Å². The average Bonchev–Trinajstić information content (AvgIpc) is 3.11. The largest absolute Gasteiger partial charge is 0.352 e. The molecule has 21 heavy (non-hydrogen) atoms. The fourth-order valence-corrected chi connectivity index (χ4v) is 3.23. The van der Waals surface area contributed by atoms with Crippen molar-refractivity contribution >= 4 is 33.4 Å². The summed E-state index contributed by atoms with van der Waals surface area (Å²) in [5.41, 5.74) is 3.35. The topological polar surface area (TPSA) is 62.3 Å². The number of thiazole rings is 1. The molecular weight excluding hydrogens is 286 g/mol. The van der Waals surface area contributed by atoms with Crippen molar-refractivity contribution in [3.8, 4) is 0 Å². The normalized spacial score (nSPS) is 14.9. The van der Waals surface area contributed by atoms with Crippen molar-refractivity contribution < 1.29 is 9.59 Å². The second kappa shape index (κ2) is 6.22. The predicted molar refractivity (Wildman–Crippen MR) is 82.4 cm³/mol. The highest BCUT2D eigenvalue weighted by Crippen LogP contribution is 2.19. The fourth-order valence-electron chi connectivity index (χ4n) is 2.51. The Hall–Kier alpha value is -1.95. The molecule has 2 heterocycles. The van der Waals surface area contributed by atoms with Gasteiger partial charge in [-0.1, -0.05) is 0 Å². The van der Waals surface area contributed by atoms with E-state index in [1.165, 1.54) is 11.3 Å². The third-order valence-electron chi connectivity index (χ3n) is 3.66. The summed E-state index contributed by atoms with van der Waals surface area (Å²) in [5, 5.41) is 2.90. The fraction of sp³-hybridized carbons (Fsp3) is 0.400. The summed E-state index contributed by atoms with van der Waals surface area (Å²) in [6.07, 6.45) is 2.42. The molecule has 1 aliphatic rings. The molecule has 1 fully saturated rings. The van der Waals surface area contributed by atoms with Gasteiger partial charge in [-0.05, 0) is 31.0 Å². The highest BCUT2D eigenvalue weighted by molar-refractivity contribution is 7.16. The molecule has 0 saturated carbocycles. The number of carbonyl (C=O) groups is 2. The minimum atomic E-state index is -0.0713. The van der Waals surface area contributed by atoms with Crippen molar-refractivity contribution in [1.29, 1.82) is 0 Å². The maximum absolute atomic E-state index is 12.1. The zero-order valence-corrected chi connectivity index (χ0v) is 12.5. The third-order valence-corrected chi connectivity index (χ3v) is 4.45. The van der Waals surface area contributed by atoms with Crippen LogP contribution in [0.3, 0.4) is 0 Å². The number of hydrogen-bond acceptors (Lipinski definition) is 4. The van der Waals surface area contributed by atoms with Crippen molar-refractivity contribution in [1.82, 2.24) is 15.2 Å². The molecule has 1 aromatic heterocycles. The van der Waals surface area contributed by atoms with E-state index in [2.05, 4.69) is 10.3 Å². The Morgan fingerprint density at radius 3 is 3.14 bits per heavy atom. The van der Waals surface area contributed by atoms with Gasteiger partial charge < -0.3 is 10.2 Å². The number of rotatable bonds is 5. The summed E-state index contributed by atoms with van der Waals surface area (Å²) in [6.45, 7) is 2.17. The zero-order valence-electron chi connectivity index (χ0n) is 11.7. The standard InChI is InChI=1S/C15H17N3O2S/c19-14-3-1-7-18(14)8-2-6-16-15(20)11-4-5-12-13(9-11)21-10-17-12/h4-5,9-10H,1-3,6-8H2,(H,16,20). The van der Waals surface area contributed by atoms with Crippen molar-refractivity contribution in [2.24, 2.45) is 0 Å². The van der Waals surface area contributed by atoms with Gasteiger partial charge >= 0.3 is 0 Å². The Balaban J connectivity index is 1.48. The lowest BCUT2D eigenvalue weighted by Crippen LogP contribution is -2.30. The average molecular weight is 303 g/mol. The van der Waals surface area contributed by atoms with E-state index in [0.29, 0.717) is 18.5 Å². The lowest BCUT2D eigenvalue weighted by Gasteiger charge is -2.15. The first-order valence-electron chi connectivity index (χ1n) is 7.13. The van der Waals surface area contributed by atoms with Gasteiger partial charge in [-0.15, -0.1) is 11.3 Å². The lowest BCUT2D eigenvalue weighted by atomic mass is 10.2. The highest BCUT2D eigenvalue weighted by Gasteiger charge is 2.19. The van der Waals surface area contributed by atoms with Gasteiger partial charge in [-0.2, -0.15) is 0 Å². The number of carbonyl (C=O) groups excluding carboxylic acids is 2. The van der Waals surface area contributed by atoms with Gasteiger partial charge in [0.05, 0.1) is 15.7 Å². The summed E-state index contributed by atoms with van der Waals surface area (Å²) in [6, 6.07) is 5.53. The first-order chi connectivity index (χ1) is 10.2. The zero-order chi connectivity index (χ0) is 14.7. The molecule has 0 bridgehead atoms. The van der Waals surface area contributed by atoms with Crippen molar-refractivity contribution in [2.45, 2.75) is 19.3 Å². The van der Waals surface area contributed by atoms with E-state index in [9.17, 15) is 9.59 Å².